The van der Waals surface area contributed by atoms with E-state index in [1.54, 1.807) is 24.3 Å². The van der Waals surface area contributed by atoms with Crippen LogP contribution in [-0.2, 0) is 24.0 Å². The molecular weight excluding hydrogens is 722 g/mol. The number of H-pyrrole nitrogens is 1. The maximum atomic E-state index is 13.9. The number of carbonyl (C=O) groups is 1. The number of carbonyl (C=O) groups excluding carboxylic acids is 1. The summed E-state index contributed by atoms with van der Waals surface area (Å²) in [6.07, 6.45) is 1.15. The summed E-state index contributed by atoms with van der Waals surface area (Å²) >= 11 is 11.6. The van der Waals surface area contributed by atoms with Crippen LogP contribution in [0.5, 0.6) is 0 Å². The Bertz CT molecular complexity index is 2050. The zero-order valence-electron chi connectivity index (χ0n) is 25.3. The zero-order valence-corrected chi connectivity index (χ0v) is 28.4. The molecule has 3 aromatic heterocycles. The Morgan fingerprint density at radius 1 is 1.08 bits per heavy atom. The number of nitrogens with zero attached hydrogens (tertiary/aromatic N) is 5. The third-order valence-electron chi connectivity index (χ3n) is 7.58. The van der Waals surface area contributed by atoms with Crippen LogP contribution in [0.4, 0.5) is 19.0 Å². The molecule has 6 rings (SSSR count). The third kappa shape index (κ3) is 8.01. The van der Waals surface area contributed by atoms with Crippen LogP contribution in [0, 0.1) is 11.8 Å². The molecule has 4 heterocycles. The second-order valence-corrected chi connectivity index (χ2v) is 13.7. The van der Waals surface area contributed by atoms with Gasteiger partial charge in [-0.15, -0.1) is 11.3 Å². The minimum Gasteiger partial charge on any atom is -0.331 e. The number of hydrazine groups is 1. The summed E-state index contributed by atoms with van der Waals surface area (Å²) in [6, 6.07) is 12.8. The van der Waals surface area contributed by atoms with Crippen LogP contribution in [-0.4, -0.2) is 52.5 Å². The molecule has 0 spiro atoms. The van der Waals surface area contributed by atoms with Crippen LogP contribution in [0.1, 0.15) is 51.3 Å². The predicted molar refractivity (Wildman–Crippen MR) is 183 cm³/mol. The van der Waals surface area contributed by atoms with Crippen molar-refractivity contribution in [3.63, 3.8) is 0 Å². The van der Waals surface area contributed by atoms with Crippen molar-refractivity contribution in [1.29, 1.82) is 0 Å². The van der Waals surface area contributed by atoms with Gasteiger partial charge >= 0.3 is 6.18 Å². The first kappa shape index (κ1) is 34.7. The summed E-state index contributed by atoms with van der Waals surface area (Å²) in [6.45, 7) is 1.06. The van der Waals surface area contributed by atoms with Gasteiger partial charge in [-0.2, -0.15) is 18.3 Å². The average molecular weight is 749 g/mol. The number of amides is 1. The molecule has 0 bridgehead atoms. The van der Waals surface area contributed by atoms with E-state index in [2.05, 4.69) is 27.2 Å². The number of aromatic nitrogens is 4. The highest BCUT2D eigenvalue weighted by atomic mass is 35.5. The van der Waals surface area contributed by atoms with Gasteiger partial charge in [0.2, 0.25) is 0 Å². The lowest BCUT2D eigenvalue weighted by Crippen LogP contribution is -2.45. The van der Waals surface area contributed by atoms with Crippen LogP contribution in [0.25, 0.3) is 16.3 Å². The van der Waals surface area contributed by atoms with Crippen molar-refractivity contribution >= 4 is 57.5 Å². The number of anilines is 1. The molecule has 1 aliphatic rings. The Balaban J connectivity index is 1.48. The molecule has 1 unspecified atom stereocenters. The number of hydrogen-bond acceptors (Lipinski definition) is 6. The first-order valence-corrected chi connectivity index (χ1v) is 17.4. The molecule has 17 heteroatoms. The summed E-state index contributed by atoms with van der Waals surface area (Å²) in [4.78, 5) is 21.9. The van der Waals surface area contributed by atoms with E-state index < -0.39 is 28.9 Å². The van der Waals surface area contributed by atoms with E-state index >= 15 is 0 Å². The molecule has 1 fully saturated rings. The molecule has 1 amide bonds. The number of halogens is 5. The van der Waals surface area contributed by atoms with Crippen LogP contribution < -0.4 is 9.73 Å². The van der Waals surface area contributed by atoms with E-state index in [1.165, 1.54) is 46.7 Å². The van der Waals surface area contributed by atoms with E-state index in [9.17, 15) is 26.7 Å². The standard InChI is InChI=1S/C32H26Cl2F3N7O3S2/c33-22-9-12-26(25(34)16-22)44-30(27-13-11-23(48-27)10-6-20-4-7-21(8-5-20)32(35,36)37)24(18-43(49(46)47)28-17-38-19-39-28)29(40-44)31(45)41-42-14-2-1-3-15-42/h4-5,7-9,11-13,16-17,19H,1-3,14-15,18H2,(H,38,39)(H,41,45)(H,46,47). The van der Waals surface area contributed by atoms with E-state index in [0.29, 0.717) is 50.4 Å². The Kier molecular flexibility index (Phi) is 10.4. The van der Waals surface area contributed by atoms with Gasteiger partial charge in [-0.3, -0.25) is 14.8 Å². The molecule has 5 aromatic rings. The number of benzene rings is 2. The van der Waals surface area contributed by atoms with Gasteiger partial charge in [0.25, 0.3) is 17.2 Å². The minimum absolute atomic E-state index is 0.00709. The van der Waals surface area contributed by atoms with E-state index in [1.807, 2.05) is 5.01 Å². The average Bonchev–Trinajstić information content (AvgIpc) is 3.83. The van der Waals surface area contributed by atoms with E-state index in [-0.39, 0.29) is 23.1 Å². The smallest absolute Gasteiger partial charge is 0.331 e. The molecule has 2 aromatic carbocycles. The number of aromatic amines is 1. The lowest BCUT2D eigenvalue weighted by molar-refractivity contribution is -0.137. The van der Waals surface area contributed by atoms with Crippen LogP contribution >= 0.6 is 34.5 Å². The molecule has 0 saturated carbocycles. The van der Waals surface area contributed by atoms with Crippen molar-refractivity contribution in [2.45, 2.75) is 32.0 Å². The number of imidazole rings is 1. The molecule has 254 valence electrons. The molecule has 0 aliphatic carbocycles. The molecule has 1 aliphatic heterocycles. The Hall–Kier alpha value is -4.17. The van der Waals surface area contributed by atoms with E-state index in [4.69, 9.17) is 28.3 Å². The third-order valence-corrected chi connectivity index (χ3v) is 9.82. The van der Waals surface area contributed by atoms with Crippen molar-refractivity contribution < 1.29 is 26.7 Å². The molecule has 49 heavy (non-hydrogen) atoms. The van der Waals surface area contributed by atoms with Crippen LogP contribution in [0.2, 0.25) is 10.0 Å². The van der Waals surface area contributed by atoms with Gasteiger partial charge in [0, 0.05) is 29.2 Å². The van der Waals surface area contributed by atoms with Gasteiger partial charge in [-0.05, 0) is 67.4 Å². The molecule has 1 atom stereocenters. The van der Waals surface area contributed by atoms with Crippen molar-refractivity contribution in [3.8, 4) is 28.1 Å². The van der Waals surface area contributed by atoms with Crippen molar-refractivity contribution in [1.82, 2.24) is 30.2 Å². The fourth-order valence-electron chi connectivity index (χ4n) is 5.23. The summed E-state index contributed by atoms with van der Waals surface area (Å²) in [5.41, 5.74) is 3.64. The Labute approximate surface area is 295 Å². The fraction of sp³-hybridized carbons (Fsp3) is 0.219. The number of alkyl halides is 3. The first-order chi connectivity index (χ1) is 23.5. The van der Waals surface area contributed by atoms with Crippen LogP contribution in [0.15, 0.2) is 67.1 Å². The highest BCUT2D eigenvalue weighted by Gasteiger charge is 2.31. The highest BCUT2D eigenvalue weighted by Crippen LogP contribution is 2.38. The molecule has 3 N–H and O–H groups in total. The topological polar surface area (TPSA) is 119 Å². The second kappa shape index (κ2) is 14.8. The van der Waals surface area contributed by atoms with Crippen LogP contribution in [0.3, 0.4) is 0 Å². The Morgan fingerprint density at radius 2 is 1.84 bits per heavy atom. The molecule has 10 nitrogen and oxygen atoms in total. The van der Waals surface area contributed by atoms with Gasteiger partial charge in [0.1, 0.15) is 5.82 Å². The lowest BCUT2D eigenvalue weighted by Gasteiger charge is -2.26. The maximum absolute atomic E-state index is 13.9. The van der Waals surface area contributed by atoms with Gasteiger partial charge in [0.05, 0.1) is 50.8 Å². The quantitative estimate of drug-likeness (QED) is 0.113. The van der Waals surface area contributed by atoms with Gasteiger partial charge in [-0.1, -0.05) is 41.5 Å². The number of rotatable bonds is 8. The Morgan fingerprint density at radius 3 is 2.49 bits per heavy atom. The largest absolute Gasteiger partial charge is 0.416 e. The second-order valence-electron chi connectivity index (χ2n) is 10.9. The first-order valence-electron chi connectivity index (χ1n) is 14.8. The van der Waals surface area contributed by atoms with Crippen molar-refractivity contribution in [2.24, 2.45) is 0 Å². The fourth-order valence-corrected chi connectivity index (χ4v) is 7.14. The number of nitrogens with one attached hydrogen (secondary N) is 2. The predicted octanol–water partition coefficient (Wildman–Crippen LogP) is 7.32. The summed E-state index contributed by atoms with van der Waals surface area (Å²) in [7, 11) is 0. The van der Waals surface area contributed by atoms with Gasteiger partial charge in [0.15, 0.2) is 5.69 Å². The van der Waals surface area contributed by atoms with Crippen molar-refractivity contribution in [3.05, 3.63) is 104 Å². The summed E-state index contributed by atoms with van der Waals surface area (Å²) in [5, 5.41) is 7.17. The molecular formula is C32H26Cl2F3N7O3S2. The molecule has 1 saturated heterocycles. The normalized spacial score (nSPS) is 14.2. The monoisotopic (exact) mass is 747 g/mol. The van der Waals surface area contributed by atoms with E-state index in [0.717, 1.165) is 35.7 Å². The number of hydrogen-bond donors (Lipinski definition) is 3. The number of piperidine rings is 1. The maximum Gasteiger partial charge on any atom is 0.416 e. The lowest BCUT2D eigenvalue weighted by atomic mass is 10.1. The van der Waals surface area contributed by atoms with Gasteiger partial charge < -0.3 is 4.98 Å². The van der Waals surface area contributed by atoms with Crippen molar-refractivity contribution in [2.75, 3.05) is 17.4 Å². The van der Waals surface area contributed by atoms with Gasteiger partial charge in [-0.25, -0.2) is 23.2 Å². The highest BCUT2D eigenvalue weighted by molar-refractivity contribution is 7.80. The summed E-state index contributed by atoms with van der Waals surface area (Å²) < 4.78 is 64.7. The number of thiophene rings is 1. The minimum atomic E-state index is -4.46. The molecule has 0 radical (unpaired) electrons. The zero-order chi connectivity index (χ0) is 34.7. The summed E-state index contributed by atoms with van der Waals surface area (Å²) in [5.74, 6) is 5.58. The SMILES string of the molecule is O=C(NN1CCCCC1)c1nn(-c2ccc(Cl)cc2Cl)c(-c2ccc(C#Cc3ccc(C(F)(F)F)cc3)s2)c1CN(c1cnc[nH]1)S(=O)O.